The summed E-state index contributed by atoms with van der Waals surface area (Å²) in [5, 5.41) is 0. The first kappa shape index (κ1) is 16.2. The zero-order valence-electron chi connectivity index (χ0n) is 12.6. The number of nitrogens with two attached hydrogens (primary N) is 1. The van der Waals surface area contributed by atoms with Crippen molar-refractivity contribution >= 4 is 15.7 Å². The van der Waals surface area contributed by atoms with E-state index in [0.29, 0.717) is 32.2 Å². The van der Waals surface area contributed by atoms with Crippen LogP contribution in [0.1, 0.15) is 19.4 Å². The molecule has 1 aliphatic heterocycles. The quantitative estimate of drug-likeness (QED) is 0.857. The van der Waals surface area contributed by atoms with Crippen molar-refractivity contribution in [2.45, 2.75) is 31.7 Å². The molecule has 1 aromatic carbocycles. The molecule has 0 aromatic heterocycles. The van der Waals surface area contributed by atoms with E-state index < -0.39 is 15.8 Å². The summed E-state index contributed by atoms with van der Waals surface area (Å²) < 4.78 is 40.7. The maximum Gasteiger partial charge on any atom is 0.246 e. The van der Waals surface area contributed by atoms with Crippen molar-refractivity contribution in [3.63, 3.8) is 0 Å². The van der Waals surface area contributed by atoms with Crippen LogP contribution in [0.15, 0.2) is 17.0 Å². The van der Waals surface area contributed by atoms with E-state index in [4.69, 9.17) is 5.73 Å². The number of rotatable bonds is 3. The van der Waals surface area contributed by atoms with E-state index in [-0.39, 0.29) is 16.1 Å². The standard InChI is InChI=1S/C14H22FN3O2S/c1-10(2)17-4-6-18(7-5-17)21(19,20)13-9-12(16)8-11(3)14(13)15/h8-10H,4-7,16H2,1-3H3. The van der Waals surface area contributed by atoms with Crippen LogP contribution in [0.4, 0.5) is 10.1 Å². The van der Waals surface area contributed by atoms with Gasteiger partial charge in [-0.25, -0.2) is 12.8 Å². The van der Waals surface area contributed by atoms with Gasteiger partial charge in [-0.05, 0) is 38.5 Å². The first-order valence-electron chi connectivity index (χ1n) is 7.03. The van der Waals surface area contributed by atoms with Crippen LogP contribution in [0.5, 0.6) is 0 Å². The van der Waals surface area contributed by atoms with Gasteiger partial charge in [0.25, 0.3) is 0 Å². The molecular formula is C14H22FN3O2S. The molecule has 1 fully saturated rings. The predicted octanol–water partition coefficient (Wildman–Crippen LogP) is 1.43. The predicted molar refractivity (Wildman–Crippen MR) is 81.0 cm³/mol. The van der Waals surface area contributed by atoms with Gasteiger partial charge in [0.1, 0.15) is 10.7 Å². The van der Waals surface area contributed by atoms with Crippen LogP contribution in [0.3, 0.4) is 0 Å². The van der Waals surface area contributed by atoms with Gasteiger partial charge in [0.2, 0.25) is 10.0 Å². The highest BCUT2D eigenvalue weighted by atomic mass is 32.2. The summed E-state index contributed by atoms with van der Waals surface area (Å²) in [6.07, 6.45) is 0. The molecule has 7 heteroatoms. The number of hydrogen-bond donors (Lipinski definition) is 1. The first-order chi connectivity index (χ1) is 9.73. The Morgan fingerprint density at radius 2 is 1.76 bits per heavy atom. The number of sulfonamides is 1. The number of anilines is 1. The molecule has 5 nitrogen and oxygen atoms in total. The third kappa shape index (κ3) is 3.20. The van der Waals surface area contributed by atoms with Crippen molar-refractivity contribution < 1.29 is 12.8 Å². The molecule has 0 radical (unpaired) electrons. The Balaban J connectivity index is 2.28. The van der Waals surface area contributed by atoms with Crippen LogP contribution in [-0.2, 0) is 10.0 Å². The molecule has 2 rings (SSSR count). The van der Waals surface area contributed by atoms with Gasteiger partial charge < -0.3 is 5.73 Å². The van der Waals surface area contributed by atoms with Crippen molar-refractivity contribution in [2.75, 3.05) is 31.9 Å². The zero-order valence-corrected chi connectivity index (χ0v) is 13.5. The molecule has 21 heavy (non-hydrogen) atoms. The topological polar surface area (TPSA) is 66.6 Å². The number of nitrogen functional groups attached to an aromatic ring is 1. The number of piperazine rings is 1. The molecular weight excluding hydrogens is 293 g/mol. The fourth-order valence-electron chi connectivity index (χ4n) is 2.55. The Kier molecular flexibility index (Phi) is 4.55. The number of hydrogen-bond acceptors (Lipinski definition) is 4. The van der Waals surface area contributed by atoms with Crippen LogP contribution in [-0.4, -0.2) is 49.8 Å². The molecule has 1 aliphatic rings. The molecule has 118 valence electrons. The smallest absolute Gasteiger partial charge is 0.246 e. The van der Waals surface area contributed by atoms with Gasteiger partial charge >= 0.3 is 0 Å². The van der Waals surface area contributed by atoms with E-state index >= 15 is 0 Å². The summed E-state index contributed by atoms with van der Waals surface area (Å²) in [4.78, 5) is 1.88. The molecule has 1 saturated heterocycles. The maximum absolute atomic E-state index is 14.2. The first-order valence-corrected chi connectivity index (χ1v) is 8.47. The Morgan fingerprint density at radius 1 is 1.19 bits per heavy atom. The molecule has 0 aliphatic carbocycles. The minimum Gasteiger partial charge on any atom is -0.399 e. The summed E-state index contributed by atoms with van der Waals surface area (Å²) >= 11 is 0. The monoisotopic (exact) mass is 315 g/mol. The minimum atomic E-state index is -3.84. The normalized spacial score (nSPS) is 18.3. The fraction of sp³-hybridized carbons (Fsp3) is 0.571. The van der Waals surface area contributed by atoms with Crippen LogP contribution in [0.25, 0.3) is 0 Å². The summed E-state index contributed by atoms with van der Waals surface area (Å²) in [7, 11) is -3.84. The number of benzene rings is 1. The van der Waals surface area contributed by atoms with Gasteiger partial charge in [-0.15, -0.1) is 0 Å². The van der Waals surface area contributed by atoms with E-state index in [1.807, 2.05) is 0 Å². The lowest BCUT2D eigenvalue weighted by molar-refractivity contribution is 0.154. The Bertz CT molecular complexity index is 623. The third-order valence-electron chi connectivity index (χ3n) is 3.86. The van der Waals surface area contributed by atoms with Gasteiger partial charge in [0, 0.05) is 37.9 Å². The molecule has 2 N–H and O–H groups in total. The van der Waals surface area contributed by atoms with Crippen molar-refractivity contribution in [3.05, 3.63) is 23.5 Å². The summed E-state index contributed by atoms with van der Waals surface area (Å²) in [5.74, 6) is -0.713. The van der Waals surface area contributed by atoms with Crippen LogP contribution in [0.2, 0.25) is 0 Å². The van der Waals surface area contributed by atoms with Gasteiger partial charge in [-0.3, -0.25) is 4.90 Å². The molecule has 0 spiro atoms. The van der Waals surface area contributed by atoms with Crippen molar-refractivity contribution in [1.82, 2.24) is 9.21 Å². The van der Waals surface area contributed by atoms with Gasteiger partial charge in [-0.2, -0.15) is 4.31 Å². The Morgan fingerprint density at radius 3 is 2.29 bits per heavy atom. The Labute approximate surface area is 125 Å². The van der Waals surface area contributed by atoms with Crippen molar-refractivity contribution in [2.24, 2.45) is 0 Å². The minimum absolute atomic E-state index is 0.245. The lowest BCUT2D eigenvalue weighted by Gasteiger charge is -2.36. The summed E-state index contributed by atoms with van der Waals surface area (Å²) in [6.45, 7) is 7.71. The molecule has 1 aromatic rings. The molecule has 0 atom stereocenters. The second-order valence-corrected chi connectivity index (χ2v) is 7.59. The van der Waals surface area contributed by atoms with Gasteiger partial charge in [-0.1, -0.05) is 0 Å². The highest BCUT2D eigenvalue weighted by Crippen LogP contribution is 2.25. The van der Waals surface area contributed by atoms with Crippen molar-refractivity contribution in [3.8, 4) is 0 Å². The summed E-state index contributed by atoms with van der Waals surface area (Å²) in [5.41, 5.74) is 6.16. The molecule has 0 unspecified atom stereocenters. The second-order valence-electron chi connectivity index (χ2n) is 5.68. The maximum atomic E-state index is 14.2. The zero-order chi connectivity index (χ0) is 15.8. The van der Waals surface area contributed by atoms with Gasteiger partial charge in [0.15, 0.2) is 0 Å². The van der Waals surface area contributed by atoms with Crippen LogP contribution >= 0.6 is 0 Å². The van der Waals surface area contributed by atoms with Crippen molar-refractivity contribution in [1.29, 1.82) is 0 Å². The van der Waals surface area contributed by atoms with Gasteiger partial charge in [0.05, 0.1) is 0 Å². The van der Waals surface area contributed by atoms with Crippen LogP contribution < -0.4 is 5.73 Å². The number of aryl methyl sites for hydroxylation is 1. The highest BCUT2D eigenvalue weighted by molar-refractivity contribution is 7.89. The average molecular weight is 315 g/mol. The Hall–Kier alpha value is -1.18. The summed E-state index contributed by atoms with van der Waals surface area (Å²) in [6, 6.07) is 3.01. The van der Waals surface area contributed by atoms with E-state index in [0.717, 1.165) is 0 Å². The van der Waals surface area contributed by atoms with E-state index in [9.17, 15) is 12.8 Å². The van der Waals surface area contributed by atoms with Crippen LogP contribution in [0, 0.1) is 12.7 Å². The number of nitrogens with zero attached hydrogens (tertiary/aromatic N) is 2. The highest BCUT2D eigenvalue weighted by Gasteiger charge is 2.31. The van der Waals surface area contributed by atoms with E-state index in [2.05, 4.69) is 18.7 Å². The van der Waals surface area contributed by atoms with E-state index in [1.165, 1.54) is 23.4 Å². The third-order valence-corrected chi connectivity index (χ3v) is 5.76. The SMILES string of the molecule is Cc1cc(N)cc(S(=O)(=O)N2CCN(C(C)C)CC2)c1F. The molecule has 1 heterocycles. The lowest BCUT2D eigenvalue weighted by atomic mass is 10.2. The molecule has 0 bridgehead atoms. The van der Waals surface area contributed by atoms with E-state index in [1.54, 1.807) is 0 Å². The average Bonchev–Trinajstić information content (AvgIpc) is 2.42. The fourth-order valence-corrected chi connectivity index (χ4v) is 4.15. The second kappa shape index (κ2) is 5.90. The number of halogens is 1. The lowest BCUT2D eigenvalue weighted by Crippen LogP contribution is -2.50. The molecule has 0 amide bonds. The molecule has 0 saturated carbocycles. The largest absolute Gasteiger partial charge is 0.399 e.